The van der Waals surface area contributed by atoms with Gasteiger partial charge in [-0.2, -0.15) is 0 Å². The molecule has 0 spiro atoms. The zero-order valence-electron chi connectivity index (χ0n) is 10.3. The van der Waals surface area contributed by atoms with E-state index in [0.29, 0.717) is 17.8 Å². The minimum Gasteiger partial charge on any atom is -0.459 e. The molecule has 3 atom stereocenters. The summed E-state index contributed by atoms with van der Waals surface area (Å²) in [6, 6.07) is 0. The Morgan fingerprint density at radius 3 is 2.56 bits per heavy atom. The smallest absolute Gasteiger partial charge is 0.334 e. The molecule has 1 aliphatic carbocycles. The maximum Gasteiger partial charge on any atom is 0.334 e. The van der Waals surface area contributed by atoms with Crippen molar-refractivity contribution in [2.24, 2.45) is 5.41 Å². The van der Waals surface area contributed by atoms with Gasteiger partial charge in [0.2, 0.25) is 0 Å². The SMILES string of the molecule is C=C(C(=O)OC1CCC2OC2C1)C(C)(C)C. The molecule has 16 heavy (non-hydrogen) atoms. The summed E-state index contributed by atoms with van der Waals surface area (Å²) in [5, 5.41) is 0. The van der Waals surface area contributed by atoms with Crippen LogP contribution in [0.1, 0.15) is 40.0 Å². The molecule has 0 N–H and O–H groups in total. The lowest BCUT2D eigenvalue weighted by Gasteiger charge is -2.24. The zero-order chi connectivity index (χ0) is 11.9. The lowest BCUT2D eigenvalue weighted by molar-refractivity contribution is -0.146. The molecule has 3 heteroatoms. The van der Waals surface area contributed by atoms with E-state index in [4.69, 9.17) is 9.47 Å². The van der Waals surface area contributed by atoms with Gasteiger partial charge in [0.1, 0.15) is 6.10 Å². The van der Waals surface area contributed by atoms with E-state index in [0.717, 1.165) is 19.3 Å². The van der Waals surface area contributed by atoms with Crippen LogP contribution in [-0.4, -0.2) is 24.3 Å². The highest BCUT2D eigenvalue weighted by Gasteiger charge is 2.45. The molecule has 2 rings (SSSR count). The zero-order valence-corrected chi connectivity index (χ0v) is 10.3. The van der Waals surface area contributed by atoms with Gasteiger partial charge in [-0.05, 0) is 18.3 Å². The standard InChI is InChI=1S/C13H20O3/c1-8(13(2,3)4)12(14)15-9-5-6-10-11(7-9)16-10/h9-11H,1,5-7H2,2-4H3. The highest BCUT2D eigenvalue weighted by molar-refractivity contribution is 5.89. The molecule has 0 radical (unpaired) electrons. The highest BCUT2D eigenvalue weighted by atomic mass is 16.6. The third kappa shape index (κ3) is 2.46. The second-order valence-electron chi connectivity index (χ2n) is 5.78. The van der Waals surface area contributed by atoms with Crippen LogP contribution in [0.2, 0.25) is 0 Å². The lowest BCUT2D eigenvalue weighted by Crippen LogP contribution is -2.28. The molecule has 1 saturated heterocycles. The van der Waals surface area contributed by atoms with Crippen molar-refractivity contribution in [3.8, 4) is 0 Å². The largest absolute Gasteiger partial charge is 0.459 e. The van der Waals surface area contributed by atoms with Crippen LogP contribution in [0.5, 0.6) is 0 Å². The lowest BCUT2D eigenvalue weighted by atomic mass is 9.87. The summed E-state index contributed by atoms with van der Waals surface area (Å²) in [5.74, 6) is -0.253. The van der Waals surface area contributed by atoms with Crippen molar-refractivity contribution < 1.29 is 14.3 Å². The number of hydrogen-bond acceptors (Lipinski definition) is 3. The summed E-state index contributed by atoms with van der Waals surface area (Å²) >= 11 is 0. The number of carbonyl (C=O) groups excluding carboxylic acids is 1. The Hall–Kier alpha value is -0.830. The van der Waals surface area contributed by atoms with E-state index < -0.39 is 0 Å². The Labute approximate surface area is 96.8 Å². The summed E-state index contributed by atoms with van der Waals surface area (Å²) in [6.45, 7) is 9.72. The molecule has 0 bridgehead atoms. The topological polar surface area (TPSA) is 38.8 Å². The molecule has 1 aliphatic heterocycles. The first-order valence-corrected chi connectivity index (χ1v) is 5.94. The number of epoxide rings is 1. The minimum atomic E-state index is -0.253. The molecule has 1 saturated carbocycles. The van der Waals surface area contributed by atoms with E-state index in [9.17, 15) is 4.79 Å². The van der Waals surface area contributed by atoms with Gasteiger partial charge in [0.25, 0.3) is 0 Å². The van der Waals surface area contributed by atoms with Gasteiger partial charge in [0, 0.05) is 12.0 Å². The van der Waals surface area contributed by atoms with Crippen molar-refractivity contribution in [1.29, 1.82) is 0 Å². The quantitative estimate of drug-likeness (QED) is 0.411. The molecular formula is C13H20O3. The summed E-state index contributed by atoms with van der Waals surface area (Å²) in [5.41, 5.74) is 0.330. The Morgan fingerprint density at radius 2 is 2.00 bits per heavy atom. The van der Waals surface area contributed by atoms with Gasteiger partial charge in [0.05, 0.1) is 12.2 Å². The first-order valence-electron chi connectivity index (χ1n) is 5.94. The van der Waals surface area contributed by atoms with Crippen LogP contribution in [0.25, 0.3) is 0 Å². The first kappa shape index (κ1) is 11.6. The van der Waals surface area contributed by atoms with Crippen LogP contribution in [0.4, 0.5) is 0 Å². The summed E-state index contributed by atoms with van der Waals surface area (Å²) in [7, 11) is 0. The number of esters is 1. The average Bonchev–Trinajstić information content (AvgIpc) is 2.93. The number of fused-ring (bicyclic) bond motifs is 1. The monoisotopic (exact) mass is 224 g/mol. The maximum absolute atomic E-state index is 11.8. The number of ether oxygens (including phenoxy) is 2. The normalized spacial score (nSPS) is 32.8. The van der Waals surface area contributed by atoms with Crippen LogP contribution in [-0.2, 0) is 14.3 Å². The fourth-order valence-electron chi connectivity index (χ4n) is 2.00. The second-order valence-corrected chi connectivity index (χ2v) is 5.78. The van der Waals surface area contributed by atoms with E-state index in [2.05, 4.69) is 6.58 Å². The van der Waals surface area contributed by atoms with Crippen LogP contribution in [0.3, 0.4) is 0 Å². The molecule has 0 aromatic carbocycles. The van der Waals surface area contributed by atoms with E-state index in [-0.39, 0.29) is 17.5 Å². The molecule has 2 fully saturated rings. The molecule has 3 nitrogen and oxygen atoms in total. The molecule has 0 aromatic heterocycles. The Balaban J connectivity index is 1.85. The van der Waals surface area contributed by atoms with Crippen molar-refractivity contribution >= 4 is 5.97 Å². The van der Waals surface area contributed by atoms with Gasteiger partial charge in [0.15, 0.2) is 0 Å². The fourth-order valence-corrected chi connectivity index (χ4v) is 2.00. The Kier molecular flexibility index (Phi) is 2.82. The van der Waals surface area contributed by atoms with Crippen LogP contribution in [0.15, 0.2) is 12.2 Å². The second kappa shape index (κ2) is 3.88. The van der Waals surface area contributed by atoms with Crippen molar-refractivity contribution in [3.63, 3.8) is 0 Å². The molecule has 3 unspecified atom stereocenters. The van der Waals surface area contributed by atoms with E-state index >= 15 is 0 Å². The van der Waals surface area contributed by atoms with Gasteiger partial charge in [-0.15, -0.1) is 0 Å². The number of rotatable bonds is 2. The molecule has 90 valence electrons. The van der Waals surface area contributed by atoms with Crippen LogP contribution in [0, 0.1) is 5.41 Å². The third-order valence-corrected chi connectivity index (χ3v) is 3.38. The van der Waals surface area contributed by atoms with E-state index in [1.165, 1.54) is 0 Å². The molecule has 0 aromatic rings. The third-order valence-electron chi connectivity index (χ3n) is 3.38. The average molecular weight is 224 g/mol. The first-order chi connectivity index (χ1) is 7.38. The number of hydrogen-bond donors (Lipinski definition) is 0. The minimum absolute atomic E-state index is 0.0235. The Bertz CT molecular complexity index is 314. The summed E-state index contributed by atoms with van der Waals surface area (Å²) in [4.78, 5) is 11.8. The molecule has 2 aliphatic rings. The summed E-state index contributed by atoms with van der Waals surface area (Å²) < 4.78 is 10.9. The predicted octanol–water partition coefficient (Wildman–Crippen LogP) is 2.45. The molecule has 0 amide bonds. The maximum atomic E-state index is 11.8. The van der Waals surface area contributed by atoms with Gasteiger partial charge in [-0.3, -0.25) is 0 Å². The van der Waals surface area contributed by atoms with Gasteiger partial charge in [-0.1, -0.05) is 27.4 Å². The van der Waals surface area contributed by atoms with Gasteiger partial charge < -0.3 is 9.47 Å². The van der Waals surface area contributed by atoms with Gasteiger partial charge >= 0.3 is 5.97 Å². The van der Waals surface area contributed by atoms with Crippen molar-refractivity contribution in [1.82, 2.24) is 0 Å². The number of carbonyl (C=O) groups is 1. The molecular weight excluding hydrogens is 204 g/mol. The highest BCUT2D eigenvalue weighted by Crippen LogP contribution is 2.38. The van der Waals surface area contributed by atoms with Crippen molar-refractivity contribution in [3.05, 3.63) is 12.2 Å². The fraction of sp³-hybridized carbons (Fsp3) is 0.769. The summed E-state index contributed by atoms with van der Waals surface area (Å²) in [6.07, 6.45) is 3.61. The molecule has 1 heterocycles. The van der Waals surface area contributed by atoms with Crippen LogP contribution >= 0.6 is 0 Å². The van der Waals surface area contributed by atoms with E-state index in [1.807, 2.05) is 20.8 Å². The van der Waals surface area contributed by atoms with Crippen molar-refractivity contribution in [2.75, 3.05) is 0 Å². The van der Waals surface area contributed by atoms with Gasteiger partial charge in [-0.25, -0.2) is 4.79 Å². The van der Waals surface area contributed by atoms with E-state index in [1.54, 1.807) is 0 Å². The van der Waals surface area contributed by atoms with Crippen LogP contribution < -0.4 is 0 Å². The predicted molar refractivity (Wildman–Crippen MR) is 61.0 cm³/mol. The van der Waals surface area contributed by atoms with Crippen molar-refractivity contribution in [2.45, 2.75) is 58.3 Å². The Morgan fingerprint density at radius 1 is 1.31 bits per heavy atom.